The van der Waals surface area contributed by atoms with Crippen molar-refractivity contribution in [1.82, 2.24) is 0 Å². The predicted molar refractivity (Wildman–Crippen MR) is 81.1 cm³/mol. The summed E-state index contributed by atoms with van der Waals surface area (Å²) in [6, 6.07) is 7.76. The van der Waals surface area contributed by atoms with E-state index in [0.717, 1.165) is 5.56 Å². The molecule has 1 saturated heterocycles. The van der Waals surface area contributed by atoms with Gasteiger partial charge in [0.05, 0.1) is 12.9 Å². The van der Waals surface area contributed by atoms with Gasteiger partial charge in [-0.05, 0) is 36.8 Å². The number of hydrogen-bond acceptors (Lipinski definition) is 4. The first-order valence-corrected chi connectivity index (χ1v) is 7.26. The van der Waals surface area contributed by atoms with Crippen LogP contribution in [-0.4, -0.2) is 24.5 Å². The number of carbonyl (C=O) groups excluding carboxylic acids is 2. The van der Waals surface area contributed by atoms with Gasteiger partial charge in [-0.2, -0.15) is 0 Å². The number of esters is 1. The van der Waals surface area contributed by atoms with E-state index in [0.29, 0.717) is 23.7 Å². The Morgan fingerprint density at radius 3 is 2.77 bits per heavy atom. The molecule has 22 heavy (non-hydrogen) atoms. The van der Waals surface area contributed by atoms with Crippen molar-refractivity contribution in [2.24, 2.45) is 0 Å². The van der Waals surface area contributed by atoms with E-state index in [9.17, 15) is 9.59 Å². The average Bonchev–Trinajstić information content (AvgIpc) is 3.16. The van der Waals surface area contributed by atoms with Gasteiger partial charge in [0.25, 0.3) is 5.91 Å². The van der Waals surface area contributed by atoms with E-state index in [1.165, 1.54) is 11.2 Å². The molecule has 2 heterocycles. The van der Waals surface area contributed by atoms with E-state index in [2.05, 4.69) is 0 Å². The molecule has 1 fully saturated rings. The van der Waals surface area contributed by atoms with E-state index in [1.54, 1.807) is 37.3 Å². The molecule has 0 bridgehead atoms. The maximum Gasteiger partial charge on any atom is 0.329 e. The Bertz CT molecular complexity index is 711. The molecule has 1 aliphatic rings. The third-order valence-corrected chi connectivity index (χ3v) is 4.08. The number of anilines is 1. The van der Waals surface area contributed by atoms with Crippen molar-refractivity contribution in [3.63, 3.8) is 0 Å². The molecule has 1 unspecified atom stereocenters. The minimum atomic E-state index is -0.672. The number of hydrogen-bond donors (Lipinski definition) is 0. The van der Waals surface area contributed by atoms with Gasteiger partial charge in [0.1, 0.15) is 6.04 Å². The number of nitrogens with zero attached hydrogens (tertiary/aromatic N) is 1. The quantitative estimate of drug-likeness (QED) is 0.815. The summed E-state index contributed by atoms with van der Waals surface area (Å²) >= 11 is 6.15. The summed E-state index contributed by atoms with van der Waals surface area (Å²) in [6.45, 7) is 2.10. The summed E-state index contributed by atoms with van der Waals surface area (Å²) < 4.78 is 10.2. The molecule has 1 aromatic heterocycles. The van der Waals surface area contributed by atoms with Crippen LogP contribution in [0.1, 0.15) is 22.5 Å². The molecule has 0 spiro atoms. The van der Waals surface area contributed by atoms with Crippen molar-refractivity contribution in [3.05, 3.63) is 52.9 Å². The highest BCUT2D eigenvalue weighted by molar-refractivity contribution is 6.32. The Kier molecular flexibility index (Phi) is 3.90. The van der Waals surface area contributed by atoms with Gasteiger partial charge in [0.2, 0.25) is 0 Å². The lowest BCUT2D eigenvalue weighted by Crippen LogP contribution is -2.43. The van der Waals surface area contributed by atoms with Crippen LogP contribution < -0.4 is 4.90 Å². The minimum absolute atomic E-state index is 0.166. The Balaban J connectivity index is 2.08. The Morgan fingerprint density at radius 2 is 2.14 bits per heavy atom. The van der Waals surface area contributed by atoms with Crippen LogP contribution in [0.4, 0.5) is 5.69 Å². The fourth-order valence-corrected chi connectivity index (χ4v) is 2.68. The first-order valence-electron chi connectivity index (χ1n) is 6.88. The van der Waals surface area contributed by atoms with E-state index < -0.39 is 12.0 Å². The average molecular weight is 320 g/mol. The molecule has 1 aromatic carbocycles. The normalized spacial score (nSPS) is 17.4. The summed E-state index contributed by atoms with van der Waals surface area (Å²) in [5.41, 5.74) is 1.31. The number of ether oxygens (including phenoxy) is 1. The number of carbonyl (C=O) groups is 2. The molecule has 0 radical (unpaired) electrons. The van der Waals surface area contributed by atoms with Crippen LogP contribution in [0, 0.1) is 6.92 Å². The van der Waals surface area contributed by atoms with Gasteiger partial charge in [-0.15, -0.1) is 0 Å². The van der Waals surface area contributed by atoms with Crippen LogP contribution in [0.3, 0.4) is 0 Å². The lowest BCUT2D eigenvalue weighted by molar-refractivity contribution is -0.139. The summed E-state index contributed by atoms with van der Waals surface area (Å²) in [5, 5.41) is 0.529. The van der Waals surface area contributed by atoms with Gasteiger partial charge in [-0.25, -0.2) is 4.79 Å². The molecule has 114 valence electrons. The van der Waals surface area contributed by atoms with Gasteiger partial charge in [0.15, 0.2) is 5.76 Å². The summed E-state index contributed by atoms with van der Waals surface area (Å²) in [5.74, 6) is -0.641. The molecular formula is C16H14ClNO4. The zero-order valence-electron chi connectivity index (χ0n) is 11.9. The summed E-state index contributed by atoms with van der Waals surface area (Å²) in [7, 11) is 0. The lowest BCUT2D eigenvalue weighted by Gasteiger charge is -2.27. The molecule has 1 aliphatic heterocycles. The summed E-state index contributed by atoms with van der Waals surface area (Å²) in [6.07, 6.45) is 1.86. The maximum absolute atomic E-state index is 12.8. The SMILES string of the molecule is Cc1c(Cl)cccc1N(C(=O)c1ccco1)C1CCOC1=O. The predicted octanol–water partition coefficient (Wildman–Crippen LogP) is 3.20. The van der Waals surface area contributed by atoms with Crippen molar-refractivity contribution < 1.29 is 18.7 Å². The van der Waals surface area contributed by atoms with Gasteiger partial charge in [0, 0.05) is 17.1 Å². The lowest BCUT2D eigenvalue weighted by atomic mass is 10.1. The van der Waals surface area contributed by atoms with Crippen molar-refractivity contribution >= 4 is 29.2 Å². The van der Waals surface area contributed by atoms with Gasteiger partial charge in [-0.3, -0.25) is 9.69 Å². The zero-order valence-corrected chi connectivity index (χ0v) is 12.7. The summed E-state index contributed by atoms with van der Waals surface area (Å²) in [4.78, 5) is 26.2. The molecular weight excluding hydrogens is 306 g/mol. The first-order chi connectivity index (χ1) is 10.6. The third-order valence-electron chi connectivity index (χ3n) is 3.67. The second-order valence-corrected chi connectivity index (χ2v) is 5.42. The van der Waals surface area contributed by atoms with Crippen molar-refractivity contribution in [2.45, 2.75) is 19.4 Å². The van der Waals surface area contributed by atoms with E-state index >= 15 is 0 Å². The number of amides is 1. The topological polar surface area (TPSA) is 59.8 Å². The molecule has 1 atom stereocenters. The van der Waals surface area contributed by atoms with Gasteiger partial charge < -0.3 is 9.15 Å². The molecule has 0 N–H and O–H groups in total. The van der Waals surface area contributed by atoms with Gasteiger partial charge >= 0.3 is 5.97 Å². The van der Waals surface area contributed by atoms with Crippen LogP contribution in [-0.2, 0) is 9.53 Å². The zero-order chi connectivity index (χ0) is 15.7. The second-order valence-electron chi connectivity index (χ2n) is 5.01. The largest absolute Gasteiger partial charge is 0.464 e. The number of furan rings is 1. The highest BCUT2D eigenvalue weighted by Gasteiger charge is 2.38. The Hall–Kier alpha value is -2.27. The number of benzene rings is 1. The van der Waals surface area contributed by atoms with E-state index in [1.807, 2.05) is 0 Å². The molecule has 3 rings (SSSR count). The smallest absolute Gasteiger partial charge is 0.329 e. The van der Waals surface area contributed by atoms with E-state index in [-0.39, 0.29) is 11.7 Å². The number of halogens is 1. The van der Waals surface area contributed by atoms with Crippen LogP contribution in [0.25, 0.3) is 0 Å². The molecule has 1 amide bonds. The molecule has 2 aromatic rings. The van der Waals surface area contributed by atoms with Crippen molar-refractivity contribution in [3.8, 4) is 0 Å². The monoisotopic (exact) mass is 319 g/mol. The van der Waals surface area contributed by atoms with Crippen molar-refractivity contribution in [2.75, 3.05) is 11.5 Å². The van der Waals surface area contributed by atoms with Crippen molar-refractivity contribution in [1.29, 1.82) is 0 Å². The molecule has 0 aliphatic carbocycles. The fourth-order valence-electron chi connectivity index (χ4n) is 2.51. The Labute approximate surface area is 132 Å². The third kappa shape index (κ3) is 2.48. The minimum Gasteiger partial charge on any atom is -0.464 e. The highest BCUT2D eigenvalue weighted by atomic mass is 35.5. The van der Waals surface area contributed by atoms with Crippen LogP contribution in [0.5, 0.6) is 0 Å². The van der Waals surface area contributed by atoms with Crippen LogP contribution in [0.15, 0.2) is 41.0 Å². The molecule has 6 heteroatoms. The Morgan fingerprint density at radius 1 is 1.32 bits per heavy atom. The van der Waals surface area contributed by atoms with Gasteiger partial charge in [-0.1, -0.05) is 17.7 Å². The molecule has 5 nitrogen and oxygen atoms in total. The number of cyclic esters (lactones) is 1. The maximum atomic E-state index is 12.8. The van der Waals surface area contributed by atoms with Crippen LogP contribution in [0.2, 0.25) is 5.02 Å². The molecule has 0 saturated carbocycles. The first kappa shape index (κ1) is 14.7. The fraction of sp³-hybridized carbons (Fsp3) is 0.250. The van der Waals surface area contributed by atoms with Crippen LogP contribution >= 0.6 is 11.6 Å². The number of rotatable bonds is 3. The standard InChI is InChI=1S/C16H14ClNO4/c1-10-11(17)4-2-5-12(10)18(13-7-9-22-16(13)20)15(19)14-6-3-8-21-14/h2-6,8,13H,7,9H2,1H3. The second kappa shape index (κ2) is 5.85. The van der Waals surface area contributed by atoms with E-state index in [4.69, 9.17) is 20.8 Å². The highest BCUT2D eigenvalue weighted by Crippen LogP contribution is 2.31.